The summed E-state index contributed by atoms with van der Waals surface area (Å²) in [5.74, 6) is 0. The standard InChI is InChI=1S/C15H17NO/c17-16-12-15-9-5-4-8-14(15)11-10-13-6-2-1-3-7-13/h1-3,6-7,10-12,17H,4-5,8-9H2. The fourth-order valence-corrected chi connectivity index (χ4v) is 2.12. The molecule has 0 fully saturated rings. The van der Waals surface area contributed by atoms with Crippen LogP contribution in [0.4, 0.5) is 0 Å². The van der Waals surface area contributed by atoms with Crippen LogP contribution in [0.15, 0.2) is 52.7 Å². The highest BCUT2D eigenvalue weighted by Gasteiger charge is 2.08. The number of hydrogen-bond acceptors (Lipinski definition) is 2. The SMILES string of the molecule is ON=CC1=C(C=Cc2ccccc2)CCCC1. The number of rotatable bonds is 3. The molecule has 2 heteroatoms. The van der Waals surface area contributed by atoms with Crippen LogP contribution in [0.2, 0.25) is 0 Å². The molecule has 1 aromatic carbocycles. The summed E-state index contributed by atoms with van der Waals surface area (Å²) < 4.78 is 0. The smallest absolute Gasteiger partial charge is 0.0696 e. The van der Waals surface area contributed by atoms with Gasteiger partial charge in [-0.2, -0.15) is 0 Å². The van der Waals surface area contributed by atoms with Crippen LogP contribution in [0.3, 0.4) is 0 Å². The summed E-state index contributed by atoms with van der Waals surface area (Å²) in [5, 5.41) is 11.8. The maximum absolute atomic E-state index is 8.63. The Kier molecular flexibility index (Phi) is 4.14. The number of nitrogens with zero attached hydrogens (tertiary/aromatic N) is 1. The van der Waals surface area contributed by atoms with Crippen molar-refractivity contribution in [3.63, 3.8) is 0 Å². The Bertz CT molecular complexity index is 443. The molecule has 0 saturated carbocycles. The monoisotopic (exact) mass is 227 g/mol. The van der Waals surface area contributed by atoms with Crippen LogP contribution < -0.4 is 0 Å². The Morgan fingerprint density at radius 3 is 2.35 bits per heavy atom. The van der Waals surface area contributed by atoms with Gasteiger partial charge >= 0.3 is 0 Å². The number of hydrogen-bond donors (Lipinski definition) is 1. The van der Waals surface area contributed by atoms with E-state index in [4.69, 9.17) is 5.21 Å². The van der Waals surface area contributed by atoms with Gasteiger partial charge in [-0.25, -0.2) is 0 Å². The van der Waals surface area contributed by atoms with Gasteiger partial charge in [0.05, 0.1) is 6.21 Å². The quantitative estimate of drug-likeness (QED) is 0.472. The minimum absolute atomic E-state index is 1.01. The molecule has 1 aromatic rings. The van der Waals surface area contributed by atoms with E-state index in [1.54, 1.807) is 6.21 Å². The topological polar surface area (TPSA) is 32.6 Å². The van der Waals surface area contributed by atoms with Crippen molar-refractivity contribution in [2.24, 2.45) is 5.16 Å². The predicted molar refractivity (Wildman–Crippen MR) is 71.2 cm³/mol. The Labute approximate surface area is 102 Å². The normalized spacial score (nSPS) is 17.2. The molecule has 0 unspecified atom stereocenters. The molecule has 88 valence electrons. The molecular formula is C15H17NO. The highest BCUT2D eigenvalue weighted by molar-refractivity contribution is 5.80. The van der Waals surface area contributed by atoms with Crippen LogP contribution in [0, 0.1) is 0 Å². The van der Waals surface area contributed by atoms with Crippen LogP contribution in [-0.4, -0.2) is 11.4 Å². The molecule has 0 radical (unpaired) electrons. The van der Waals surface area contributed by atoms with Gasteiger partial charge in [0.2, 0.25) is 0 Å². The van der Waals surface area contributed by atoms with Crippen molar-refractivity contribution in [2.45, 2.75) is 25.7 Å². The molecule has 2 nitrogen and oxygen atoms in total. The molecule has 17 heavy (non-hydrogen) atoms. The van der Waals surface area contributed by atoms with Crippen molar-refractivity contribution in [3.05, 3.63) is 53.1 Å². The van der Waals surface area contributed by atoms with Crippen molar-refractivity contribution in [1.29, 1.82) is 0 Å². The number of allylic oxidation sites excluding steroid dienone is 3. The summed E-state index contributed by atoms with van der Waals surface area (Å²) in [6.07, 6.45) is 10.3. The van der Waals surface area contributed by atoms with E-state index in [0.717, 1.165) is 18.4 Å². The zero-order valence-electron chi connectivity index (χ0n) is 9.84. The van der Waals surface area contributed by atoms with E-state index in [2.05, 4.69) is 29.4 Å². The van der Waals surface area contributed by atoms with Crippen molar-refractivity contribution >= 4 is 12.3 Å². The van der Waals surface area contributed by atoms with Crippen LogP contribution >= 0.6 is 0 Å². The van der Waals surface area contributed by atoms with Crippen LogP contribution in [-0.2, 0) is 0 Å². The third-order valence-corrected chi connectivity index (χ3v) is 3.04. The number of benzene rings is 1. The van der Waals surface area contributed by atoms with Gasteiger partial charge in [0.1, 0.15) is 0 Å². The van der Waals surface area contributed by atoms with Crippen LogP contribution in [0.25, 0.3) is 6.08 Å². The molecule has 0 heterocycles. The second kappa shape index (κ2) is 6.04. The minimum atomic E-state index is 1.01. The first kappa shape index (κ1) is 11.6. The summed E-state index contributed by atoms with van der Waals surface area (Å²) in [7, 11) is 0. The molecule has 1 aliphatic rings. The molecule has 1 N–H and O–H groups in total. The van der Waals surface area contributed by atoms with Gasteiger partial charge in [-0.1, -0.05) is 47.6 Å². The Balaban J connectivity index is 2.18. The molecule has 0 amide bonds. The average Bonchev–Trinajstić information content (AvgIpc) is 2.39. The summed E-state index contributed by atoms with van der Waals surface area (Å²) in [4.78, 5) is 0. The number of oxime groups is 1. The third-order valence-electron chi connectivity index (χ3n) is 3.04. The fourth-order valence-electron chi connectivity index (χ4n) is 2.12. The van der Waals surface area contributed by atoms with Gasteiger partial charge < -0.3 is 5.21 Å². The van der Waals surface area contributed by atoms with Gasteiger partial charge in [0.25, 0.3) is 0 Å². The molecule has 0 saturated heterocycles. The lowest BCUT2D eigenvalue weighted by atomic mass is 9.92. The maximum Gasteiger partial charge on any atom is 0.0696 e. The molecule has 0 aliphatic heterocycles. The first-order valence-electron chi connectivity index (χ1n) is 6.03. The van der Waals surface area contributed by atoms with Gasteiger partial charge in [-0.3, -0.25) is 0 Å². The summed E-state index contributed by atoms with van der Waals surface area (Å²) in [5.41, 5.74) is 3.65. The van der Waals surface area contributed by atoms with E-state index in [1.807, 2.05) is 18.2 Å². The zero-order chi connectivity index (χ0) is 11.9. The van der Waals surface area contributed by atoms with Crippen molar-refractivity contribution in [2.75, 3.05) is 0 Å². The fraction of sp³-hybridized carbons (Fsp3) is 0.267. The van der Waals surface area contributed by atoms with Crippen molar-refractivity contribution in [3.8, 4) is 0 Å². The lowest BCUT2D eigenvalue weighted by molar-refractivity contribution is 0.321. The summed E-state index contributed by atoms with van der Waals surface area (Å²) >= 11 is 0. The summed E-state index contributed by atoms with van der Waals surface area (Å²) in [6, 6.07) is 10.2. The van der Waals surface area contributed by atoms with E-state index < -0.39 is 0 Å². The molecule has 0 bridgehead atoms. The van der Waals surface area contributed by atoms with Crippen molar-refractivity contribution in [1.82, 2.24) is 0 Å². The Morgan fingerprint density at radius 2 is 1.65 bits per heavy atom. The molecule has 0 aromatic heterocycles. The highest BCUT2D eigenvalue weighted by Crippen LogP contribution is 2.25. The molecule has 0 spiro atoms. The first-order valence-corrected chi connectivity index (χ1v) is 6.03. The molecule has 2 rings (SSSR count). The molecular weight excluding hydrogens is 210 g/mol. The highest BCUT2D eigenvalue weighted by atomic mass is 16.4. The van der Waals surface area contributed by atoms with E-state index in [0.29, 0.717) is 0 Å². The van der Waals surface area contributed by atoms with Crippen LogP contribution in [0.5, 0.6) is 0 Å². The Morgan fingerprint density at radius 1 is 0.941 bits per heavy atom. The lowest BCUT2D eigenvalue weighted by Crippen LogP contribution is -1.99. The maximum atomic E-state index is 8.63. The van der Waals surface area contributed by atoms with Crippen LogP contribution in [0.1, 0.15) is 31.2 Å². The van der Waals surface area contributed by atoms with E-state index >= 15 is 0 Å². The third kappa shape index (κ3) is 3.31. The van der Waals surface area contributed by atoms with Gasteiger partial charge in [0, 0.05) is 0 Å². The van der Waals surface area contributed by atoms with E-state index in [1.165, 1.54) is 24.0 Å². The second-order valence-electron chi connectivity index (χ2n) is 4.25. The molecule has 1 aliphatic carbocycles. The average molecular weight is 227 g/mol. The molecule has 0 atom stereocenters. The predicted octanol–water partition coefficient (Wildman–Crippen LogP) is 4.03. The first-order chi connectivity index (χ1) is 8.40. The van der Waals surface area contributed by atoms with Gasteiger partial charge in [-0.15, -0.1) is 0 Å². The zero-order valence-corrected chi connectivity index (χ0v) is 9.84. The largest absolute Gasteiger partial charge is 0.411 e. The minimum Gasteiger partial charge on any atom is -0.411 e. The van der Waals surface area contributed by atoms with E-state index in [9.17, 15) is 0 Å². The second-order valence-corrected chi connectivity index (χ2v) is 4.25. The van der Waals surface area contributed by atoms with Crippen molar-refractivity contribution < 1.29 is 5.21 Å². The van der Waals surface area contributed by atoms with Gasteiger partial charge in [-0.05, 0) is 42.4 Å². The lowest BCUT2D eigenvalue weighted by Gasteiger charge is -2.14. The summed E-state index contributed by atoms with van der Waals surface area (Å²) in [6.45, 7) is 0. The van der Waals surface area contributed by atoms with Gasteiger partial charge in [0.15, 0.2) is 0 Å². The Hall–Kier alpha value is -1.83. The van der Waals surface area contributed by atoms with E-state index in [-0.39, 0.29) is 0 Å².